The van der Waals surface area contributed by atoms with Gasteiger partial charge in [0, 0.05) is 23.8 Å². The number of ether oxygens (including phenoxy) is 1. The fourth-order valence-electron chi connectivity index (χ4n) is 2.70. The highest BCUT2D eigenvalue weighted by Gasteiger charge is 2.17. The molecule has 5 nitrogen and oxygen atoms in total. The third-order valence-electron chi connectivity index (χ3n) is 3.93. The quantitative estimate of drug-likeness (QED) is 0.593. The first kappa shape index (κ1) is 20.2. The second kappa shape index (κ2) is 8.63. The molecule has 3 aromatic rings. The Morgan fingerprint density at radius 1 is 1.11 bits per heavy atom. The Morgan fingerprint density at radius 2 is 1.86 bits per heavy atom. The maximum atomic E-state index is 12.8. The number of sulfonamides is 1. The molecule has 0 saturated carbocycles. The fraction of sp³-hybridized carbons (Fsp3) is 0.190. The smallest absolute Gasteiger partial charge is 0.261 e. The van der Waals surface area contributed by atoms with E-state index in [2.05, 4.69) is 9.71 Å². The first-order valence-electron chi connectivity index (χ1n) is 8.80. The van der Waals surface area contributed by atoms with Gasteiger partial charge in [-0.25, -0.2) is 8.42 Å². The first-order valence-corrected chi connectivity index (χ1v) is 10.7. The predicted molar refractivity (Wildman–Crippen MR) is 112 cm³/mol. The molecule has 2 aromatic carbocycles. The summed E-state index contributed by atoms with van der Waals surface area (Å²) in [6.45, 7) is 3.83. The molecule has 0 amide bonds. The van der Waals surface area contributed by atoms with Gasteiger partial charge in [0.2, 0.25) is 0 Å². The zero-order valence-electron chi connectivity index (χ0n) is 15.6. The minimum atomic E-state index is -3.75. The molecule has 0 radical (unpaired) electrons. The van der Waals surface area contributed by atoms with Crippen LogP contribution in [-0.4, -0.2) is 19.5 Å². The minimum Gasteiger partial charge on any atom is -0.491 e. The van der Waals surface area contributed by atoms with E-state index in [1.54, 1.807) is 42.7 Å². The summed E-state index contributed by atoms with van der Waals surface area (Å²) in [7, 11) is -3.75. The van der Waals surface area contributed by atoms with E-state index in [9.17, 15) is 8.42 Å². The molecule has 0 spiro atoms. The maximum absolute atomic E-state index is 12.8. The van der Waals surface area contributed by atoms with Crippen LogP contribution in [0.1, 0.15) is 25.0 Å². The van der Waals surface area contributed by atoms with E-state index in [1.165, 1.54) is 12.1 Å². The van der Waals surface area contributed by atoms with Crippen molar-refractivity contribution in [3.63, 3.8) is 0 Å². The molecular formula is C21H21ClN2O3S. The summed E-state index contributed by atoms with van der Waals surface area (Å²) in [6, 6.07) is 15.2. The molecule has 7 heteroatoms. The lowest BCUT2D eigenvalue weighted by atomic mass is 10.1. The van der Waals surface area contributed by atoms with E-state index in [4.69, 9.17) is 16.3 Å². The molecule has 3 rings (SSSR count). The summed E-state index contributed by atoms with van der Waals surface area (Å²) in [5.41, 5.74) is 2.21. The zero-order valence-corrected chi connectivity index (χ0v) is 17.2. The van der Waals surface area contributed by atoms with Crippen LogP contribution in [0.5, 0.6) is 5.75 Å². The van der Waals surface area contributed by atoms with Crippen LogP contribution in [0.4, 0.5) is 5.69 Å². The highest BCUT2D eigenvalue weighted by molar-refractivity contribution is 7.92. The lowest BCUT2D eigenvalue weighted by Gasteiger charge is -2.14. The predicted octanol–water partition coefficient (Wildman–Crippen LogP) is 4.91. The summed E-state index contributed by atoms with van der Waals surface area (Å²) in [4.78, 5) is 4.26. The van der Waals surface area contributed by atoms with Crippen molar-refractivity contribution in [1.82, 2.24) is 4.98 Å². The molecule has 1 heterocycles. The molecule has 0 aliphatic carbocycles. The first-order chi connectivity index (χ1) is 13.3. The number of anilines is 1. The van der Waals surface area contributed by atoms with E-state index in [-0.39, 0.29) is 11.0 Å². The molecule has 1 aromatic heterocycles. The average Bonchev–Trinajstić information content (AvgIpc) is 2.65. The minimum absolute atomic E-state index is 0.0182. The Hall–Kier alpha value is -2.57. The van der Waals surface area contributed by atoms with Gasteiger partial charge in [0.15, 0.2) is 0 Å². The van der Waals surface area contributed by atoms with Crippen molar-refractivity contribution in [2.24, 2.45) is 0 Å². The number of hydrogen-bond acceptors (Lipinski definition) is 4. The Balaban J connectivity index is 1.86. The Kier molecular flexibility index (Phi) is 6.21. The average molecular weight is 417 g/mol. The van der Waals surface area contributed by atoms with Crippen LogP contribution in [-0.2, 0) is 16.4 Å². The van der Waals surface area contributed by atoms with Crippen LogP contribution in [0.15, 0.2) is 71.9 Å². The van der Waals surface area contributed by atoms with Crippen molar-refractivity contribution < 1.29 is 13.2 Å². The number of hydrogen-bond donors (Lipinski definition) is 1. The number of halogens is 1. The molecule has 0 saturated heterocycles. The van der Waals surface area contributed by atoms with Gasteiger partial charge >= 0.3 is 0 Å². The Bertz CT molecular complexity index is 1040. The van der Waals surface area contributed by atoms with Crippen molar-refractivity contribution in [3.8, 4) is 5.75 Å². The molecular weight excluding hydrogens is 396 g/mol. The third-order valence-corrected chi connectivity index (χ3v) is 5.55. The maximum Gasteiger partial charge on any atom is 0.261 e. The summed E-state index contributed by atoms with van der Waals surface area (Å²) >= 11 is 6.12. The van der Waals surface area contributed by atoms with Gasteiger partial charge in [0.05, 0.1) is 16.7 Å². The van der Waals surface area contributed by atoms with Crippen molar-refractivity contribution in [2.45, 2.75) is 31.3 Å². The summed E-state index contributed by atoms with van der Waals surface area (Å²) in [6.07, 6.45) is 3.96. The fourth-order valence-corrected chi connectivity index (χ4v) is 4.00. The van der Waals surface area contributed by atoms with Crippen molar-refractivity contribution in [2.75, 3.05) is 4.72 Å². The van der Waals surface area contributed by atoms with Crippen LogP contribution in [0, 0.1) is 0 Å². The second-order valence-electron chi connectivity index (χ2n) is 6.58. The Labute approximate surface area is 170 Å². The Morgan fingerprint density at radius 3 is 2.50 bits per heavy atom. The molecule has 0 aliphatic heterocycles. The monoisotopic (exact) mass is 416 g/mol. The van der Waals surface area contributed by atoms with E-state index in [0.29, 0.717) is 22.9 Å². The molecule has 0 aliphatic rings. The van der Waals surface area contributed by atoms with E-state index in [0.717, 1.165) is 11.1 Å². The highest BCUT2D eigenvalue weighted by atomic mass is 35.5. The van der Waals surface area contributed by atoms with Crippen molar-refractivity contribution in [1.29, 1.82) is 0 Å². The molecule has 0 fully saturated rings. The highest BCUT2D eigenvalue weighted by Crippen LogP contribution is 2.26. The number of nitrogens with one attached hydrogen (secondary N) is 1. The van der Waals surface area contributed by atoms with Crippen LogP contribution < -0.4 is 9.46 Å². The number of nitrogens with zero attached hydrogens (tertiary/aromatic N) is 1. The molecule has 146 valence electrons. The lowest BCUT2D eigenvalue weighted by molar-refractivity contribution is 0.242. The summed E-state index contributed by atoms with van der Waals surface area (Å²) < 4.78 is 33.9. The van der Waals surface area contributed by atoms with Gasteiger partial charge in [-0.1, -0.05) is 17.7 Å². The summed E-state index contributed by atoms with van der Waals surface area (Å²) in [5.74, 6) is 0.623. The number of pyridine rings is 1. The van der Waals surface area contributed by atoms with Gasteiger partial charge in [-0.15, -0.1) is 0 Å². The third kappa shape index (κ3) is 5.24. The van der Waals surface area contributed by atoms with E-state index in [1.807, 2.05) is 26.0 Å². The van der Waals surface area contributed by atoms with Crippen LogP contribution >= 0.6 is 11.6 Å². The number of benzene rings is 2. The largest absolute Gasteiger partial charge is 0.491 e. The van der Waals surface area contributed by atoms with Crippen LogP contribution in [0.2, 0.25) is 5.02 Å². The van der Waals surface area contributed by atoms with Crippen LogP contribution in [0.3, 0.4) is 0 Å². The zero-order chi connectivity index (χ0) is 20.1. The molecule has 0 bridgehead atoms. The van der Waals surface area contributed by atoms with Crippen molar-refractivity contribution >= 4 is 27.3 Å². The molecule has 1 N–H and O–H groups in total. The summed E-state index contributed by atoms with van der Waals surface area (Å²) in [5, 5.41) is 0.539. The SMILES string of the molecule is CC(C)Oc1ccc(S(=O)(=O)Nc2ccc(Cl)cc2Cc2cccnc2)cc1. The van der Waals surface area contributed by atoms with Gasteiger partial charge in [-0.2, -0.15) is 0 Å². The standard InChI is InChI=1S/C21H21ClN2O3S/c1-15(2)27-19-6-8-20(9-7-19)28(25,26)24-21-10-5-18(22)13-17(21)12-16-4-3-11-23-14-16/h3-11,13-15,24H,12H2,1-2H3. The molecule has 28 heavy (non-hydrogen) atoms. The lowest BCUT2D eigenvalue weighted by Crippen LogP contribution is -2.14. The van der Waals surface area contributed by atoms with Gasteiger partial charge < -0.3 is 4.74 Å². The van der Waals surface area contributed by atoms with E-state index < -0.39 is 10.0 Å². The van der Waals surface area contributed by atoms with E-state index >= 15 is 0 Å². The van der Waals surface area contributed by atoms with Gasteiger partial charge in [-0.05, 0) is 73.5 Å². The normalized spacial score (nSPS) is 11.4. The molecule has 0 unspecified atom stereocenters. The topological polar surface area (TPSA) is 68.3 Å². The molecule has 0 atom stereocenters. The van der Waals surface area contributed by atoms with Gasteiger partial charge in [0.25, 0.3) is 10.0 Å². The van der Waals surface area contributed by atoms with Crippen LogP contribution in [0.25, 0.3) is 0 Å². The van der Waals surface area contributed by atoms with Gasteiger partial charge in [-0.3, -0.25) is 9.71 Å². The second-order valence-corrected chi connectivity index (χ2v) is 8.70. The number of aromatic nitrogens is 1. The number of rotatable bonds is 7. The van der Waals surface area contributed by atoms with Crippen molar-refractivity contribution in [3.05, 3.63) is 83.1 Å². The van der Waals surface area contributed by atoms with Gasteiger partial charge in [0.1, 0.15) is 5.75 Å².